The van der Waals surface area contributed by atoms with Gasteiger partial charge in [0, 0.05) is 30.5 Å². The summed E-state index contributed by atoms with van der Waals surface area (Å²) in [5.74, 6) is -2.68. The first-order valence-corrected chi connectivity index (χ1v) is 10.9. The highest BCUT2D eigenvalue weighted by molar-refractivity contribution is 5.95. The van der Waals surface area contributed by atoms with E-state index in [1.54, 1.807) is 41.8 Å². The number of para-hydroxylation sites is 1. The third kappa shape index (κ3) is 4.09. The molecule has 0 saturated carbocycles. The van der Waals surface area contributed by atoms with Crippen molar-refractivity contribution in [1.29, 1.82) is 0 Å². The SMILES string of the molecule is COc1cccc2c1nc(N)n1nc(C3CN(c4cnn(CC(C)(C)O)c4)CC(F)(F)C3)nc21. The number of piperidine rings is 1. The Balaban J connectivity index is 1.51. The number of hydrogen-bond acceptors (Lipinski definition) is 8. The van der Waals surface area contributed by atoms with E-state index in [1.807, 2.05) is 6.07 Å². The molecule has 0 amide bonds. The van der Waals surface area contributed by atoms with Crippen molar-refractivity contribution in [2.45, 2.75) is 44.3 Å². The van der Waals surface area contributed by atoms with Crippen molar-refractivity contribution >= 4 is 28.2 Å². The fraction of sp³-hybridized carbons (Fsp3) is 0.455. The van der Waals surface area contributed by atoms with E-state index in [-0.39, 0.29) is 31.3 Å². The quantitative estimate of drug-likeness (QED) is 0.455. The molecule has 1 saturated heterocycles. The van der Waals surface area contributed by atoms with Crippen LogP contribution in [0, 0.1) is 0 Å². The molecule has 1 aromatic carbocycles. The van der Waals surface area contributed by atoms with Gasteiger partial charge in [-0.3, -0.25) is 4.68 Å². The van der Waals surface area contributed by atoms with Crippen LogP contribution < -0.4 is 15.4 Å². The number of methoxy groups -OCH3 is 1. The molecule has 1 aliphatic rings. The van der Waals surface area contributed by atoms with Crippen LogP contribution in [0.5, 0.6) is 5.75 Å². The van der Waals surface area contributed by atoms with Gasteiger partial charge in [0.2, 0.25) is 5.95 Å². The van der Waals surface area contributed by atoms with E-state index < -0.39 is 24.0 Å². The van der Waals surface area contributed by atoms with E-state index in [0.29, 0.717) is 28.0 Å². The molecule has 34 heavy (non-hydrogen) atoms. The van der Waals surface area contributed by atoms with Crippen LogP contribution in [0.15, 0.2) is 30.6 Å². The minimum absolute atomic E-state index is 0.0954. The van der Waals surface area contributed by atoms with Crippen LogP contribution in [-0.4, -0.2) is 66.2 Å². The topological polar surface area (TPSA) is 120 Å². The number of hydrogen-bond donors (Lipinski definition) is 2. The lowest BCUT2D eigenvalue weighted by Crippen LogP contribution is -2.46. The highest BCUT2D eigenvalue weighted by Crippen LogP contribution is 2.38. The van der Waals surface area contributed by atoms with Gasteiger partial charge in [0.1, 0.15) is 11.3 Å². The Hall–Kier alpha value is -3.54. The highest BCUT2D eigenvalue weighted by Gasteiger charge is 2.43. The van der Waals surface area contributed by atoms with E-state index >= 15 is 0 Å². The van der Waals surface area contributed by atoms with Gasteiger partial charge in [-0.15, -0.1) is 5.10 Å². The zero-order chi connectivity index (χ0) is 24.3. The predicted molar refractivity (Wildman–Crippen MR) is 122 cm³/mol. The average Bonchev–Trinajstić information content (AvgIpc) is 3.39. The number of aromatic nitrogens is 6. The number of aliphatic hydroxyl groups is 1. The monoisotopic (exact) mass is 472 g/mol. The Labute approximate surface area is 194 Å². The number of alkyl halides is 2. The van der Waals surface area contributed by atoms with E-state index in [9.17, 15) is 13.9 Å². The van der Waals surface area contributed by atoms with Gasteiger partial charge in [-0.2, -0.15) is 9.61 Å². The molecule has 10 nitrogen and oxygen atoms in total. The predicted octanol–water partition coefficient (Wildman–Crippen LogP) is 2.46. The summed E-state index contributed by atoms with van der Waals surface area (Å²) in [4.78, 5) is 10.6. The fourth-order valence-electron chi connectivity index (χ4n) is 4.45. The van der Waals surface area contributed by atoms with Gasteiger partial charge in [0.25, 0.3) is 5.92 Å². The first-order valence-electron chi connectivity index (χ1n) is 10.9. The van der Waals surface area contributed by atoms with Crippen molar-refractivity contribution in [1.82, 2.24) is 29.4 Å². The van der Waals surface area contributed by atoms with Crippen molar-refractivity contribution < 1.29 is 18.6 Å². The normalized spacial score (nSPS) is 18.6. The van der Waals surface area contributed by atoms with Crippen molar-refractivity contribution in [2.75, 3.05) is 30.8 Å². The van der Waals surface area contributed by atoms with Gasteiger partial charge in [-0.05, 0) is 26.0 Å². The largest absolute Gasteiger partial charge is 0.494 e. The van der Waals surface area contributed by atoms with Crippen LogP contribution in [0.3, 0.4) is 0 Å². The number of benzene rings is 1. The summed E-state index contributed by atoms with van der Waals surface area (Å²) in [6.07, 6.45) is 2.81. The number of ether oxygens (including phenoxy) is 1. The van der Waals surface area contributed by atoms with E-state index in [0.717, 1.165) is 0 Å². The van der Waals surface area contributed by atoms with E-state index in [1.165, 1.54) is 17.8 Å². The number of halogens is 2. The molecule has 12 heteroatoms. The zero-order valence-electron chi connectivity index (χ0n) is 19.1. The Morgan fingerprint density at radius 3 is 2.82 bits per heavy atom. The molecule has 1 fully saturated rings. The third-order valence-corrected chi connectivity index (χ3v) is 5.83. The number of nitrogen functional groups attached to an aromatic ring is 1. The minimum atomic E-state index is -2.95. The molecule has 1 aliphatic heterocycles. The molecule has 4 heterocycles. The molecular formula is C22H26F2N8O2. The van der Waals surface area contributed by atoms with Gasteiger partial charge in [0.05, 0.1) is 37.7 Å². The van der Waals surface area contributed by atoms with Crippen LogP contribution in [0.1, 0.15) is 32.0 Å². The lowest BCUT2D eigenvalue weighted by atomic mass is 9.94. The second kappa shape index (κ2) is 7.76. The molecule has 0 radical (unpaired) electrons. The molecule has 4 aromatic rings. The number of anilines is 2. The van der Waals surface area contributed by atoms with Gasteiger partial charge < -0.3 is 20.5 Å². The fourth-order valence-corrected chi connectivity index (χ4v) is 4.45. The molecule has 1 unspecified atom stereocenters. The summed E-state index contributed by atoms with van der Waals surface area (Å²) in [7, 11) is 1.54. The third-order valence-electron chi connectivity index (χ3n) is 5.83. The maximum absolute atomic E-state index is 14.8. The molecule has 0 spiro atoms. The Morgan fingerprint density at radius 1 is 1.29 bits per heavy atom. The second-order valence-electron chi connectivity index (χ2n) is 9.38. The van der Waals surface area contributed by atoms with Crippen molar-refractivity contribution in [3.63, 3.8) is 0 Å². The summed E-state index contributed by atoms with van der Waals surface area (Å²) in [5, 5.41) is 19.4. The summed E-state index contributed by atoms with van der Waals surface area (Å²) in [6, 6.07) is 5.38. The molecule has 1 atom stereocenters. The first-order chi connectivity index (χ1) is 16.0. The zero-order valence-corrected chi connectivity index (χ0v) is 19.1. The molecule has 3 aromatic heterocycles. The molecule has 180 valence electrons. The summed E-state index contributed by atoms with van der Waals surface area (Å²) in [5.41, 5.74) is 6.66. The number of fused-ring (bicyclic) bond motifs is 3. The first kappa shape index (κ1) is 22.3. The van der Waals surface area contributed by atoms with Crippen molar-refractivity contribution in [2.24, 2.45) is 0 Å². The van der Waals surface area contributed by atoms with Crippen LogP contribution in [0.4, 0.5) is 20.4 Å². The molecule has 5 rings (SSSR count). The van der Waals surface area contributed by atoms with Crippen molar-refractivity contribution in [3.05, 3.63) is 36.4 Å². The Morgan fingerprint density at radius 2 is 2.09 bits per heavy atom. The number of nitrogens with two attached hydrogens (primary N) is 1. The summed E-state index contributed by atoms with van der Waals surface area (Å²) < 4.78 is 37.9. The van der Waals surface area contributed by atoms with Gasteiger partial charge >= 0.3 is 0 Å². The second-order valence-corrected chi connectivity index (χ2v) is 9.38. The van der Waals surface area contributed by atoms with Gasteiger partial charge in [0.15, 0.2) is 11.5 Å². The van der Waals surface area contributed by atoms with Crippen LogP contribution >= 0.6 is 0 Å². The maximum Gasteiger partial charge on any atom is 0.266 e. The van der Waals surface area contributed by atoms with E-state index in [4.69, 9.17) is 10.5 Å². The number of nitrogens with zero attached hydrogens (tertiary/aromatic N) is 7. The van der Waals surface area contributed by atoms with Crippen LogP contribution in [0.25, 0.3) is 16.6 Å². The summed E-state index contributed by atoms with van der Waals surface area (Å²) >= 11 is 0. The van der Waals surface area contributed by atoms with Crippen molar-refractivity contribution in [3.8, 4) is 5.75 Å². The average molecular weight is 473 g/mol. The molecule has 0 bridgehead atoms. The lowest BCUT2D eigenvalue weighted by molar-refractivity contribution is -0.0191. The molecular weight excluding hydrogens is 446 g/mol. The maximum atomic E-state index is 14.8. The lowest BCUT2D eigenvalue weighted by Gasteiger charge is -2.37. The minimum Gasteiger partial charge on any atom is -0.494 e. The smallest absolute Gasteiger partial charge is 0.266 e. The van der Waals surface area contributed by atoms with Crippen LogP contribution in [-0.2, 0) is 6.54 Å². The van der Waals surface area contributed by atoms with Gasteiger partial charge in [-0.25, -0.2) is 18.7 Å². The highest BCUT2D eigenvalue weighted by atomic mass is 19.3. The van der Waals surface area contributed by atoms with E-state index in [2.05, 4.69) is 20.2 Å². The van der Waals surface area contributed by atoms with Crippen LogP contribution in [0.2, 0.25) is 0 Å². The molecule has 0 aliphatic carbocycles. The molecule has 3 N–H and O–H groups in total. The number of rotatable bonds is 5. The van der Waals surface area contributed by atoms with Gasteiger partial charge in [-0.1, -0.05) is 6.07 Å². The Bertz CT molecular complexity index is 1360. The standard InChI is InChI=1S/C22H26F2N8O2/c1-21(2,33)11-31-10-14(8-26-31)30-9-13(7-22(23,24)12-30)18-28-19-15-5-4-6-16(34-3)17(15)27-20(25)32(19)29-18/h4-6,8,10,13,33H,7,9,11-12H2,1-3H3,(H2,25,27). The summed E-state index contributed by atoms with van der Waals surface area (Å²) in [6.45, 7) is 3.42. The Kier molecular flexibility index (Phi) is 5.08.